The van der Waals surface area contributed by atoms with E-state index >= 15 is 0 Å². The van der Waals surface area contributed by atoms with Crippen molar-refractivity contribution in [2.75, 3.05) is 51.2 Å². The van der Waals surface area contributed by atoms with Crippen molar-refractivity contribution in [2.24, 2.45) is 0 Å². The highest BCUT2D eigenvalue weighted by atomic mass is 35.5. The lowest BCUT2D eigenvalue weighted by Crippen LogP contribution is -2.46. The molecule has 2 aliphatic heterocycles. The highest BCUT2D eigenvalue weighted by molar-refractivity contribution is 6.15. The second kappa shape index (κ2) is 6.44. The van der Waals surface area contributed by atoms with Crippen LogP contribution in [0, 0.1) is 0 Å². The topological polar surface area (TPSA) is 47.1 Å². The van der Waals surface area contributed by atoms with Gasteiger partial charge in [0.2, 0.25) is 0 Å². The Labute approximate surface area is 133 Å². The van der Waals surface area contributed by atoms with Gasteiger partial charge in [-0.3, -0.25) is 4.68 Å². The maximum absolute atomic E-state index is 6.33. The van der Waals surface area contributed by atoms with Gasteiger partial charge in [0.1, 0.15) is 6.04 Å². The van der Waals surface area contributed by atoms with E-state index in [4.69, 9.17) is 10.8 Å². The predicted molar refractivity (Wildman–Crippen MR) is 90.0 cm³/mol. The smallest absolute Gasteiger partial charge is 0.174 e. The van der Waals surface area contributed by atoms with E-state index in [1.54, 1.807) is 0 Å². The number of nitrogens with zero attached hydrogens (tertiary/aromatic N) is 4. The molecule has 0 aromatic carbocycles. The quantitative estimate of drug-likeness (QED) is 0.670. The zero-order chi connectivity index (χ0) is 15.6. The molecule has 6 heteroatoms. The number of rotatable bonds is 2. The Kier molecular flexibility index (Phi) is 5.04. The molecular formula is C15H29ClN5+. The normalized spacial score (nSPS) is 21.8. The van der Waals surface area contributed by atoms with Crippen molar-refractivity contribution in [2.45, 2.75) is 38.3 Å². The van der Waals surface area contributed by atoms with Gasteiger partial charge in [0, 0.05) is 25.9 Å². The highest BCUT2D eigenvalue weighted by Gasteiger charge is 2.34. The minimum absolute atomic E-state index is 0.679. The Balaban J connectivity index is 0.000000774. The van der Waals surface area contributed by atoms with Gasteiger partial charge in [-0.15, -0.1) is 11.6 Å². The van der Waals surface area contributed by atoms with Gasteiger partial charge in [-0.2, -0.15) is 5.10 Å². The molecule has 3 rings (SSSR count). The number of nitrogen functional groups attached to an aromatic ring is 1. The van der Waals surface area contributed by atoms with E-state index in [9.17, 15) is 0 Å². The molecule has 120 valence electrons. The number of halogens is 1. The number of quaternary nitrogens is 1. The second-order valence-corrected chi connectivity index (χ2v) is 6.87. The fourth-order valence-electron chi connectivity index (χ4n) is 3.30. The Morgan fingerprint density at radius 3 is 2.48 bits per heavy atom. The van der Waals surface area contributed by atoms with Gasteiger partial charge in [-0.05, 0) is 19.3 Å². The monoisotopic (exact) mass is 314 g/mol. The van der Waals surface area contributed by atoms with Crippen LogP contribution in [-0.2, 0) is 13.0 Å². The molecule has 1 atom stereocenters. The van der Waals surface area contributed by atoms with Crippen molar-refractivity contribution in [3.63, 3.8) is 0 Å². The maximum atomic E-state index is 6.33. The van der Waals surface area contributed by atoms with Crippen LogP contribution in [0.15, 0.2) is 0 Å². The molecule has 2 aliphatic rings. The van der Waals surface area contributed by atoms with Gasteiger partial charge in [-0.25, -0.2) is 0 Å². The van der Waals surface area contributed by atoms with E-state index in [1.807, 2.05) is 0 Å². The molecule has 1 aromatic heterocycles. The lowest BCUT2D eigenvalue weighted by atomic mass is 10.1. The van der Waals surface area contributed by atoms with Crippen LogP contribution >= 0.6 is 11.6 Å². The minimum atomic E-state index is 0.679. The molecule has 0 saturated carbocycles. The molecule has 1 unspecified atom stereocenters. The number of hydrogen-bond donors (Lipinski definition) is 1. The van der Waals surface area contributed by atoms with E-state index in [1.165, 1.54) is 31.3 Å². The molecular weight excluding hydrogens is 286 g/mol. The van der Waals surface area contributed by atoms with Gasteiger partial charge in [0.05, 0.1) is 39.1 Å². The molecule has 3 heterocycles. The molecule has 0 aliphatic carbocycles. The third-order valence-corrected chi connectivity index (χ3v) is 4.67. The van der Waals surface area contributed by atoms with Gasteiger partial charge < -0.3 is 15.1 Å². The average Bonchev–Trinajstić information content (AvgIpc) is 3.06. The summed E-state index contributed by atoms with van der Waals surface area (Å²) < 4.78 is 3.15. The number of likely N-dealkylation sites (N-methyl/N-ethyl adjacent to an activating group) is 1. The van der Waals surface area contributed by atoms with E-state index in [2.05, 4.69) is 42.3 Å². The fourth-order valence-corrected chi connectivity index (χ4v) is 3.30. The van der Waals surface area contributed by atoms with Crippen LogP contribution in [0.1, 0.15) is 25.0 Å². The number of nitrogens with two attached hydrogens (primary N) is 1. The van der Waals surface area contributed by atoms with E-state index in [0.29, 0.717) is 6.04 Å². The molecule has 1 fully saturated rings. The van der Waals surface area contributed by atoms with Crippen LogP contribution in [0.5, 0.6) is 0 Å². The van der Waals surface area contributed by atoms with Gasteiger partial charge in [0.15, 0.2) is 5.82 Å². The molecule has 2 N–H and O–H groups in total. The molecule has 0 amide bonds. The van der Waals surface area contributed by atoms with E-state index in [0.717, 1.165) is 42.0 Å². The third-order valence-electron chi connectivity index (χ3n) is 4.67. The number of fused-ring (bicyclic) bond motifs is 1. The summed E-state index contributed by atoms with van der Waals surface area (Å²) in [6, 6.07) is 0.679. The van der Waals surface area contributed by atoms with Crippen molar-refractivity contribution in [1.29, 1.82) is 0 Å². The van der Waals surface area contributed by atoms with E-state index < -0.39 is 0 Å². The Bertz CT molecular complexity index is 477. The lowest BCUT2D eigenvalue weighted by molar-refractivity contribution is -0.893. The first-order valence-electron chi connectivity index (χ1n) is 7.76. The van der Waals surface area contributed by atoms with Crippen LogP contribution in [0.4, 0.5) is 11.5 Å². The second-order valence-electron chi connectivity index (χ2n) is 6.87. The minimum Gasteiger partial charge on any atom is -0.394 e. The first kappa shape index (κ1) is 16.4. The molecule has 1 aromatic rings. The lowest BCUT2D eigenvalue weighted by Gasteiger charge is -2.31. The van der Waals surface area contributed by atoms with Crippen LogP contribution < -0.4 is 10.6 Å². The highest BCUT2D eigenvalue weighted by Crippen LogP contribution is 2.32. The summed E-state index contributed by atoms with van der Waals surface area (Å²) in [5, 5.41) is 4.76. The summed E-state index contributed by atoms with van der Waals surface area (Å²) >= 11 is 4.64. The predicted octanol–water partition coefficient (Wildman–Crippen LogP) is 1.94. The zero-order valence-electron chi connectivity index (χ0n) is 13.8. The SMILES string of the molecule is CCl.C[N+](C)(C)C1CCN(c2nn3c(c2N)CCCC3)C1. The largest absolute Gasteiger partial charge is 0.394 e. The zero-order valence-corrected chi connectivity index (χ0v) is 14.5. The van der Waals surface area contributed by atoms with Crippen molar-refractivity contribution in [3.8, 4) is 0 Å². The summed E-state index contributed by atoms with van der Waals surface area (Å²) in [6.45, 7) is 3.19. The Morgan fingerprint density at radius 1 is 1.19 bits per heavy atom. The standard InChI is InChI=1S/C14H26N5.CH3Cl/c1-19(2,3)11-7-9-17(10-11)14-13(15)12-6-4-5-8-18(12)16-14;1-2/h11H,4-10,15H2,1-3H3;1H3/q+1;. The van der Waals surface area contributed by atoms with Crippen molar-refractivity contribution >= 4 is 23.1 Å². The van der Waals surface area contributed by atoms with Gasteiger partial charge in [-0.1, -0.05) is 0 Å². The Hall–Kier alpha value is -0.940. The average molecular weight is 315 g/mol. The summed E-state index contributed by atoms with van der Waals surface area (Å²) in [6.07, 6.45) is 6.27. The molecule has 1 saturated heterocycles. The third kappa shape index (κ3) is 3.29. The number of anilines is 2. The fraction of sp³-hybridized carbons (Fsp3) is 0.800. The van der Waals surface area contributed by atoms with Crippen LogP contribution in [-0.4, -0.2) is 60.9 Å². The van der Waals surface area contributed by atoms with Gasteiger partial charge >= 0.3 is 0 Å². The van der Waals surface area contributed by atoms with Gasteiger partial charge in [0.25, 0.3) is 0 Å². The number of alkyl halides is 1. The first-order chi connectivity index (χ1) is 9.97. The van der Waals surface area contributed by atoms with E-state index in [-0.39, 0.29) is 0 Å². The van der Waals surface area contributed by atoms with Crippen LogP contribution in [0.25, 0.3) is 0 Å². The molecule has 0 radical (unpaired) electrons. The summed E-state index contributed by atoms with van der Waals surface area (Å²) in [5.41, 5.74) is 8.52. The van der Waals surface area contributed by atoms with Crippen LogP contribution in [0.3, 0.4) is 0 Å². The van der Waals surface area contributed by atoms with Crippen molar-refractivity contribution < 1.29 is 4.48 Å². The molecule has 5 nitrogen and oxygen atoms in total. The number of aromatic nitrogens is 2. The van der Waals surface area contributed by atoms with Crippen molar-refractivity contribution in [3.05, 3.63) is 5.69 Å². The summed E-state index contributed by atoms with van der Waals surface area (Å²) in [7, 11) is 6.82. The summed E-state index contributed by atoms with van der Waals surface area (Å²) in [4.78, 5) is 2.38. The number of aryl methyl sites for hydroxylation is 1. The molecule has 0 spiro atoms. The summed E-state index contributed by atoms with van der Waals surface area (Å²) in [5.74, 6) is 1.04. The maximum Gasteiger partial charge on any atom is 0.174 e. The molecule has 0 bridgehead atoms. The van der Waals surface area contributed by atoms with Crippen LogP contribution in [0.2, 0.25) is 0 Å². The number of hydrogen-bond acceptors (Lipinski definition) is 3. The molecule has 21 heavy (non-hydrogen) atoms. The first-order valence-corrected chi connectivity index (χ1v) is 8.51. The Morgan fingerprint density at radius 2 is 1.90 bits per heavy atom. The van der Waals surface area contributed by atoms with Crippen molar-refractivity contribution in [1.82, 2.24) is 9.78 Å².